The van der Waals surface area contributed by atoms with Crippen molar-refractivity contribution in [1.82, 2.24) is 14.5 Å². The summed E-state index contributed by atoms with van der Waals surface area (Å²) in [5.74, 6) is 0. The largest absolute Gasteiger partial charge is 0.329 e. The van der Waals surface area contributed by atoms with E-state index in [4.69, 9.17) is 5.26 Å². The van der Waals surface area contributed by atoms with Gasteiger partial charge in [-0.15, -0.1) is 0 Å². The van der Waals surface area contributed by atoms with Gasteiger partial charge in [-0.25, -0.2) is 9.97 Å². The molecule has 0 saturated carbocycles. The minimum absolute atomic E-state index is 0.300. The van der Waals surface area contributed by atoms with Crippen molar-refractivity contribution in [1.29, 1.82) is 5.26 Å². The van der Waals surface area contributed by atoms with Crippen LogP contribution in [0.15, 0.2) is 18.7 Å². The molecule has 2 aromatic rings. The van der Waals surface area contributed by atoms with E-state index in [1.165, 1.54) is 6.33 Å². The standard InChI is InChI=1S/C10H10N4/c1-7(2)14-5-8(3-11)9-4-12-6-13-10(9)14/h4-7H,1-2H3. The monoisotopic (exact) mass is 186 g/mol. The Kier molecular flexibility index (Phi) is 1.93. The quantitative estimate of drug-likeness (QED) is 0.683. The van der Waals surface area contributed by atoms with Crippen molar-refractivity contribution in [3.05, 3.63) is 24.3 Å². The van der Waals surface area contributed by atoms with Crippen molar-refractivity contribution >= 4 is 11.0 Å². The number of rotatable bonds is 1. The van der Waals surface area contributed by atoms with Crippen LogP contribution in [-0.4, -0.2) is 14.5 Å². The first-order valence-electron chi connectivity index (χ1n) is 4.44. The molecule has 2 heterocycles. The Bertz CT molecular complexity index is 504. The third kappa shape index (κ3) is 1.14. The van der Waals surface area contributed by atoms with Crippen LogP contribution in [0.4, 0.5) is 0 Å². The van der Waals surface area contributed by atoms with Gasteiger partial charge in [0.05, 0.1) is 10.9 Å². The van der Waals surface area contributed by atoms with E-state index >= 15 is 0 Å². The molecule has 0 fully saturated rings. The lowest BCUT2D eigenvalue weighted by Crippen LogP contribution is -1.99. The molecule has 0 aliphatic rings. The normalized spacial score (nSPS) is 10.7. The highest BCUT2D eigenvalue weighted by atomic mass is 15.1. The van der Waals surface area contributed by atoms with Crippen LogP contribution in [0.1, 0.15) is 25.5 Å². The number of nitriles is 1. The molecule has 0 atom stereocenters. The molecule has 70 valence electrons. The van der Waals surface area contributed by atoms with Crippen LogP contribution in [-0.2, 0) is 0 Å². The van der Waals surface area contributed by atoms with Gasteiger partial charge in [0.25, 0.3) is 0 Å². The van der Waals surface area contributed by atoms with Gasteiger partial charge in [-0.1, -0.05) is 0 Å². The lowest BCUT2D eigenvalue weighted by atomic mass is 10.3. The molecule has 0 amide bonds. The van der Waals surface area contributed by atoms with Crippen molar-refractivity contribution in [2.45, 2.75) is 19.9 Å². The number of hydrogen-bond acceptors (Lipinski definition) is 3. The van der Waals surface area contributed by atoms with Gasteiger partial charge in [0.2, 0.25) is 0 Å². The molecule has 2 aromatic heterocycles. The lowest BCUT2D eigenvalue weighted by molar-refractivity contribution is 0.617. The minimum atomic E-state index is 0.300. The van der Waals surface area contributed by atoms with E-state index in [0.29, 0.717) is 11.6 Å². The predicted molar refractivity (Wildman–Crippen MR) is 52.6 cm³/mol. The zero-order chi connectivity index (χ0) is 10.1. The Labute approximate surface area is 81.8 Å². The summed E-state index contributed by atoms with van der Waals surface area (Å²) in [6, 6.07) is 2.44. The van der Waals surface area contributed by atoms with Gasteiger partial charge in [-0.05, 0) is 13.8 Å². The third-order valence-corrected chi connectivity index (χ3v) is 2.17. The summed E-state index contributed by atoms with van der Waals surface area (Å²) in [5, 5.41) is 9.73. The molecule has 0 radical (unpaired) electrons. The number of fused-ring (bicyclic) bond motifs is 1. The molecule has 0 unspecified atom stereocenters. The van der Waals surface area contributed by atoms with Gasteiger partial charge in [0.1, 0.15) is 18.0 Å². The molecule has 0 aliphatic carbocycles. The summed E-state index contributed by atoms with van der Waals surface area (Å²) >= 11 is 0. The molecule has 0 spiro atoms. The average molecular weight is 186 g/mol. The maximum absolute atomic E-state index is 8.91. The van der Waals surface area contributed by atoms with Gasteiger partial charge in [0.15, 0.2) is 0 Å². The topological polar surface area (TPSA) is 54.5 Å². The molecule has 0 aliphatic heterocycles. The first-order chi connectivity index (χ1) is 6.74. The van der Waals surface area contributed by atoms with Crippen LogP contribution in [0.3, 0.4) is 0 Å². The fourth-order valence-electron chi connectivity index (χ4n) is 1.47. The molecule has 4 heteroatoms. The number of nitrogens with zero attached hydrogens (tertiary/aromatic N) is 4. The van der Waals surface area contributed by atoms with E-state index in [9.17, 15) is 0 Å². The second kappa shape index (κ2) is 3.11. The molecular weight excluding hydrogens is 176 g/mol. The number of aromatic nitrogens is 3. The molecular formula is C10H10N4. The first kappa shape index (κ1) is 8.70. The van der Waals surface area contributed by atoms with Crippen LogP contribution in [0.2, 0.25) is 0 Å². The highest BCUT2D eigenvalue weighted by Gasteiger charge is 2.10. The third-order valence-electron chi connectivity index (χ3n) is 2.17. The average Bonchev–Trinajstić information content (AvgIpc) is 2.56. The smallest absolute Gasteiger partial charge is 0.144 e. The SMILES string of the molecule is CC(C)n1cc(C#N)c2cncnc21. The maximum Gasteiger partial charge on any atom is 0.144 e. The number of hydrogen-bond donors (Lipinski definition) is 0. The van der Waals surface area contributed by atoms with E-state index in [2.05, 4.69) is 29.9 Å². The van der Waals surface area contributed by atoms with Crippen LogP contribution >= 0.6 is 0 Å². The zero-order valence-corrected chi connectivity index (χ0v) is 8.10. The van der Waals surface area contributed by atoms with Gasteiger partial charge < -0.3 is 4.57 Å². The summed E-state index contributed by atoms with van der Waals surface area (Å²) in [7, 11) is 0. The highest BCUT2D eigenvalue weighted by molar-refractivity contribution is 5.82. The van der Waals surface area contributed by atoms with Crippen LogP contribution in [0.5, 0.6) is 0 Å². The molecule has 4 nitrogen and oxygen atoms in total. The molecule has 2 rings (SSSR count). The van der Waals surface area contributed by atoms with E-state index in [1.807, 2.05) is 10.8 Å². The fourth-order valence-corrected chi connectivity index (χ4v) is 1.47. The molecule has 0 saturated heterocycles. The van der Waals surface area contributed by atoms with E-state index < -0.39 is 0 Å². The summed E-state index contributed by atoms with van der Waals surface area (Å²) in [5.41, 5.74) is 1.46. The van der Waals surface area contributed by atoms with Crippen LogP contribution < -0.4 is 0 Å². The van der Waals surface area contributed by atoms with E-state index in [0.717, 1.165) is 11.0 Å². The maximum atomic E-state index is 8.91. The van der Waals surface area contributed by atoms with Gasteiger partial charge in [0, 0.05) is 18.4 Å². The van der Waals surface area contributed by atoms with Crippen molar-refractivity contribution < 1.29 is 0 Å². The second-order valence-electron chi connectivity index (χ2n) is 3.42. The lowest BCUT2D eigenvalue weighted by Gasteiger charge is -2.06. The van der Waals surface area contributed by atoms with Crippen molar-refractivity contribution in [2.75, 3.05) is 0 Å². The highest BCUT2D eigenvalue weighted by Crippen LogP contribution is 2.20. The van der Waals surface area contributed by atoms with Gasteiger partial charge in [-0.3, -0.25) is 0 Å². The second-order valence-corrected chi connectivity index (χ2v) is 3.42. The van der Waals surface area contributed by atoms with Crippen molar-refractivity contribution in [2.24, 2.45) is 0 Å². The predicted octanol–water partition coefficient (Wildman–Crippen LogP) is 1.88. The summed E-state index contributed by atoms with van der Waals surface area (Å²) < 4.78 is 1.98. The zero-order valence-electron chi connectivity index (χ0n) is 8.10. The van der Waals surface area contributed by atoms with Crippen molar-refractivity contribution in [3.63, 3.8) is 0 Å². The van der Waals surface area contributed by atoms with Crippen LogP contribution in [0, 0.1) is 11.3 Å². The fraction of sp³-hybridized carbons (Fsp3) is 0.300. The van der Waals surface area contributed by atoms with Crippen LogP contribution in [0.25, 0.3) is 11.0 Å². The van der Waals surface area contributed by atoms with Crippen molar-refractivity contribution in [3.8, 4) is 6.07 Å². The molecule has 0 aromatic carbocycles. The molecule has 14 heavy (non-hydrogen) atoms. The minimum Gasteiger partial charge on any atom is -0.329 e. The summed E-state index contributed by atoms with van der Waals surface area (Å²) in [6.45, 7) is 4.12. The first-order valence-corrected chi connectivity index (χ1v) is 4.44. The van der Waals surface area contributed by atoms with E-state index in [1.54, 1.807) is 6.20 Å². The van der Waals surface area contributed by atoms with E-state index in [-0.39, 0.29) is 0 Å². The van der Waals surface area contributed by atoms with Gasteiger partial charge >= 0.3 is 0 Å². The Balaban J connectivity index is 2.82. The Morgan fingerprint density at radius 2 is 2.29 bits per heavy atom. The Morgan fingerprint density at radius 1 is 1.50 bits per heavy atom. The summed E-state index contributed by atoms with van der Waals surface area (Å²) in [4.78, 5) is 8.09. The molecule has 0 bridgehead atoms. The Hall–Kier alpha value is -1.89. The molecule has 0 N–H and O–H groups in total. The van der Waals surface area contributed by atoms with Gasteiger partial charge in [-0.2, -0.15) is 5.26 Å². The Morgan fingerprint density at radius 3 is 2.93 bits per heavy atom. The summed E-state index contributed by atoms with van der Waals surface area (Å²) in [6.07, 6.45) is 5.01.